The van der Waals surface area contributed by atoms with Gasteiger partial charge >= 0.3 is 0 Å². The van der Waals surface area contributed by atoms with Gasteiger partial charge in [-0.3, -0.25) is 0 Å². The van der Waals surface area contributed by atoms with Gasteiger partial charge in [0.25, 0.3) is 0 Å². The Labute approximate surface area is 131 Å². The molecule has 0 rings (SSSR count). The summed E-state index contributed by atoms with van der Waals surface area (Å²) in [4.78, 5) is 0. The normalized spacial score (nSPS) is 13.9. The van der Waals surface area contributed by atoms with Crippen LogP contribution in [0.1, 0.15) is 53.9 Å². The van der Waals surface area contributed by atoms with E-state index < -0.39 is 0 Å². The minimum absolute atomic E-state index is 0.192. The van der Waals surface area contributed by atoms with Crippen LogP contribution < -0.4 is 0 Å². The molecule has 0 saturated carbocycles. The molecule has 21 heavy (non-hydrogen) atoms. The smallest absolute Gasteiger partial charge is 0.179 e. The molecule has 0 bridgehead atoms. The van der Waals surface area contributed by atoms with E-state index in [-0.39, 0.29) is 6.29 Å². The van der Waals surface area contributed by atoms with Crippen LogP contribution in [0.4, 0.5) is 0 Å². The quantitative estimate of drug-likeness (QED) is 0.281. The zero-order valence-electron chi connectivity index (χ0n) is 14.4. The first-order valence-electron chi connectivity index (χ1n) is 7.89. The number of ether oxygens (including phenoxy) is 2. The van der Waals surface area contributed by atoms with Crippen molar-refractivity contribution in [2.75, 3.05) is 13.2 Å². The molecule has 0 N–H and O–H groups in total. The summed E-state index contributed by atoms with van der Waals surface area (Å²) in [6.07, 6.45) is 11.5. The van der Waals surface area contributed by atoms with Gasteiger partial charge in [-0.25, -0.2) is 0 Å². The van der Waals surface area contributed by atoms with Crippen molar-refractivity contribution in [2.24, 2.45) is 0 Å². The lowest BCUT2D eigenvalue weighted by molar-refractivity contribution is -0.111. The van der Waals surface area contributed by atoms with Crippen LogP contribution in [-0.4, -0.2) is 19.5 Å². The third-order valence-electron chi connectivity index (χ3n) is 3.24. The van der Waals surface area contributed by atoms with E-state index in [2.05, 4.69) is 45.6 Å². The molecule has 0 amide bonds. The van der Waals surface area contributed by atoms with Gasteiger partial charge in [0.15, 0.2) is 6.29 Å². The lowest BCUT2D eigenvalue weighted by Gasteiger charge is -2.17. The third-order valence-corrected chi connectivity index (χ3v) is 3.24. The van der Waals surface area contributed by atoms with Gasteiger partial charge in [-0.1, -0.05) is 42.0 Å². The molecule has 0 aromatic rings. The van der Waals surface area contributed by atoms with Crippen molar-refractivity contribution in [2.45, 2.75) is 60.2 Å². The van der Waals surface area contributed by atoms with Crippen molar-refractivity contribution in [3.8, 4) is 0 Å². The lowest BCUT2D eigenvalue weighted by Crippen LogP contribution is -2.18. The summed E-state index contributed by atoms with van der Waals surface area (Å²) in [6, 6.07) is 0. The summed E-state index contributed by atoms with van der Waals surface area (Å²) in [7, 11) is 0. The Morgan fingerprint density at radius 1 is 1.00 bits per heavy atom. The number of rotatable bonds is 11. The van der Waals surface area contributed by atoms with E-state index in [1.807, 2.05) is 19.9 Å². The fourth-order valence-electron chi connectivity index (χ4n) is 1.87. The van der Waals surface area contributed by atoms with Crippen molar-refractivity contribution < 1.29 is 9.47 Å². The summed E-state index contributed by atoms with van der Waals surface area (Å²) >= 11 is 0. The van der Waals surface area contributed by atoms with Crippen molar-refractivity contribution in [3.05, 3.63) is 47.6 Å². The summed E-state index contributed by atoms with van der Waals surface area (Å²) in [5, 5.41) is 0. The monoisotopic (exact) mass is 292 g/mol. The summed E-state index contributed by atoms with van der Waals surface area (Å²) in [5.41, 5.74) is 3.80. The average molecular weight is 292 g/mol. The fraction of sp³-hybridized carbons (Fsp3) is 0.579. The molecule has 2 nitrogen and oxygen atoms in total. The molecule has 120 valence electrons. The number of hydrogen-bond donors (Lipinski definition) is 0. The Balaban J connectivity index is 4.27. The zero-order valence-corrected chi connectivity index (χ0v) is 14.4. The van der Waals surface area contributed by atoms with Gasteiger partial charge < -0.3 is 9.47 Å². The van der Waals surface area contributed by atoms with Crippen molar-refractivity contribution in [1.82, 2.24) is 0 Å². The van der Waals surface area contributed by atoms with E-state index in [1.54, 1.807) is 0 Å². The van der Waals surface area contributed by atoms with Crippen LogP contribution in [0.2, 0.25) is 0 Å². The molecule has 0 heterocycles. The van der Waals surface area contributed by atoms with E-state index in [0.29, 0.717) is 13.2 Å². The Kier molecular flexibility index (Phi) is 11.9. The number of hydrogen-bond acceptors (Lipinski definition) is 2. The minimum atomic E-state index is -0.192. The van der Waals surface area contributed by atoms with Crippen LogP contribution in [0.25, 0.3) is 0 Å². The molecular formula is C19H32O2. The Morgan fingerprint density at radius 3 is 2.14 bits per heavy atom. The van der Waals surface area contributed by atoms with Crippen molar-refractivity contribution >= 4 is 0 Å². The van der Waals surface area contributed by atoms with Crippen LogP contribution in [0, 0.1) is 0 Å². The summed E-state index contributed by atoms with van der Waals surface area (Å²) in [5.74, 6) is 0. The van der Waals surface area contributed by atoms with Crippen molar-refractivity contribution in [3.63, 3.8) is 0 Å². The van der Waals surface area contributed by atoms with E-state index >= 15 is 0 Å². The highest BCUT2D eigenvalue weighted by molar-refractivity contribution is 5.15. The van der Waals surface area contributed by atoms with Gasteiger partial charge in [0, 0.05) is 13.2 Å². The first-order valence-corrected chi connectivity index (χ1v) is 7.89. The predicted molar refractivity (Wildman–Crippen MR) is 92.4 cm³/mol. The van der Waals surface area contributed by atoms with E-state index in [0.717, 1.165) is 24.8 Å². The van der Waals surface area contributed by atoms with Crippen LogP contribution in [0.3, 0.4) is 0 Å². The standard InChI is InChI=1S/C19H32O2/c1-7-16(4)12-10-13-17(5)14-11-15-18(6)19(20-8-2)21-9-3/h7,12-13,15,19H,1,8-11,14H2,2-6H3. The van der Waals surface area contributed by atoms with E-state index in [9.17, 15) is 0 Å². The van der Waals surface area contributed by atoms with Crippen LogP contribution in [0.15, 0.2) is 47.6 Å². The fourth-order valence-corrected chi connectivity index (χ4v) is 1.87. The Morgan fingerprint density at radius 2 is 1.62 bits per heavy atom. The second kappa shape index (κ2) is 12.6. The van der Waals surface area contributed by atoms with Gasteiger partial charge in [0.05, 0.1) is 0 Å². The second-order valence-corrected chi connectivity index (χ2v) is 5.17. The maximum Gasteiger partial charge on any atom is 0.179 e. The first-order chi connectivity index (χ1) is 10.0. The molecule has 0 unspecified atom stereocenters. The molecular weight excluding hydrogens is 260 g/mol. The number of allylic oxidation sites excluding steroid dienone is 6. The molecule has 0 aromatic carbocycles. The molecule has 0 aliphatic rings. The maximum atomic E-state index is 5.58. The second-order valence-electron chi connectivity index (χ2n) is 5.17. The van der Waals surface area contributed by atoms with Gasteiger partial charge in [-0.15, -0.1) is 0 Å². The lowest BCUT2D eigenvalue weighted by atomic mass is 10.1. The van der Waals surface area contributed by atoms with Gasteiger partial charge in [-0.2, -0.15) is 0 Å². The zero-order chi connectivity index (χ0) is 16.1. The van der Waals surface area contributed by atoms with Gasteiger partial charge in [0.2, 0.25) is 0 Å². The van der Waals surface area contributed by atoms with Crippen LogP contribution in [-0.2, 0) is 9.47 Å². The van der Waals surface area contributed by atoms with Crippen molar-refractivity contribution in [1.29, 1.82) is 0 Å². The highest BCUT2D eigenvalue weighted by atomic mass is 16.7. The molecule has 0 atom stereocenters. The molecule has 0 aliphatic heterocycles. The summed E-state index contributed by atoms with van der Waals surface area (Å²) < 4.78 is 11.2. The molecule has 0 aliphatic carbocycles. The molecule has 0 radical (unpaired) electrons. The molecule has 0 saturated heterocycles. The van der Waals surface area contributed by atoms with Gasteiger partial charge in [-0.05, 0) is 59.5 Å². The van der Waals surface area contributed by atoms with E-state index in [1.165, 1.54) is 11.1 Å². The highest BCUT2D eigenvalue weighted by Crippen LogP contribution is 2.13. The first kappa shape index (κ1) is 19.9. The SMILES string of the molecule is C=CC(C)=CCC=C(C)CCC=C(C)C(OCC)OCC. The average Bonchev–Trinajstić information content (AvgIpc) is 2.46. The highest BCUT2D eigenvalue weighted by Gasteiger charge is 2.09. The van der Waals surface area contributed by atoms with Crippen LogP contribution >= 0.6 is 0 Å². The van der Waals surface area contributed by atoms with Crippen LogP contribution in [0.5, 0.6) is 0 Å². The molecule has 2 heteroatoms. The topological polar surface area (TPSA) is 18.5 Å². The summed E-state index contributed by atoms with van der Waals surface area (Å²) in [6.45, 7) is 15.4. The molecule has 0 aromatic heterocycles. The molecule has 0 spiro atoms. The predicted octanol–water partition coefficient (Wildman–Crippen LogP) is 5.58. The Bertz CT molecular complexity index is 369. The largest absolute Gasteiger partial charge is 0.349 e. The third kappa shape index (κ3) is 10.3. The maximum absolute atomic E-state index is 5.58. The van der Waals surface area contributed by atoms with Gasteiger partial charge in [0.1, 0.15) is 0 Å². The van der Waals surface area contributed by atoms with E-state index in [4.69, 9.17) is 9.47 Å². The minimum Gasteiger partial charge on any atom is -0.349 e. The molecule has 0 fully saturated rings. The Hall–Kier alpha value is -1.12.